The molecule has 22 heavy (non-hydrogen) atoms. The minimum Gasteiger partial charge on any atom is -0.508 e. The second-order valence-electron chi connectivity index (χ2n) is 6.05. The predicted octanol–water partition coefficient (Wildman–Crippen LogP) is 1.44. The molecule has 6 heteroatoms. The number of aromatic hydroxyl groups is 1. The van der Waals surface area contributed by atoms with Crippen LogP contribution in [-0.4, -0.2) is 36.1 Å². The first kappa shape index (κ1) is 17.8. The Morgan fingerprint density at radius 2 is 1.68 bits per heavy atom. The van der Waals surface area contributed by atoms with E-state index in [2.05, 4.69) is 10.6 Å². The van der Waals surface area contributed by atoms with Crippen LogP contribution in [0.3, 0.4) is 0 Å². The lowest BCUT2D eigenvalue weighted by Gasteiger charge is -2.18. The van der Waals surface area contributed by atoms with Gasteiger partial charge in [0.15, 0.2) is 6.10 Å². The number of hydrogen-bond acceptors (Lipinski definition) is 4. The fourth-order valence-electron chi connectivity index (χ4n) is 1.55. The standard InChI is InChI=1S/C16H24N2O4/c1-11(22-13-7-5-12(19)6-8-13)14(20)17-9-10-18-15(21)16(2,3)4/h5-8,11,19H,9-10H2,1-4H3,(H,17,20)(H,18,21). The maximum atomic E-state index is 11.9. The van der Waals surface area contributed by atoms with Crippen molar-refractivity contribution >= 4 is 11.8 Å². The number of carbonyl (C=O) groups is 2. The molecule has 2 amide bonds. The summed E-state index contributed by atoms with van der Waals surface area (Å²) in [7, 11) is 0. The topological polar surface area (TPSA) is 87.7 Å². The van der Waals surface area contributed by atoms with Crippen molar-refractivity contribution in [2.75, 3.05) is 13.1 Å². The van der Waals surface area contributed by atoms with E-state index in [9.17, 15) is 14.7 Å². The van der Waals surface area contributed by atoms with E-state index in [1.165, 1.54) is 12.1 Å². The average Bonchev–Trinajstić information content (AvgIpc) is 2.44. The smallest absolute Gasteiger partial charge is 0.260 e. The van der Waals surface area contributed by atoms with Gasteiger partial charge in [0.2, 0.25) is 5.91 Å². The van der Waals surface area contributed by atoms with Crippen LogP contribution in [0.4, 0.5) is 0 Å². The van der Waals surface area contributed by atoms with Gasteiger partial charge in [-0.1, -0.05) is 20.8 Å². The number of amides is 2. The maximum absolute atomic E-state index is 11.9. The maximum Gasteiger partial charge on any atom is 0.260 e. The van der Waals surface area contributed by atoms with Gasteiger partial charge in [0, 0.05) is 18.5 Å². The number of phenols is 1. The summed E-state index contributed by atoms with van der Waals surface area (Å²) < 4.78 is 5.45. The molecule has 0 radical (unpaired) electrons. The summed E-state index contributed by atoms with van der Waals surface area (Å²) in [5.74, 6) is 0.314. The van der Waals surface area contributed by atoms with Gasteiger partial charge in [-0.25, -0.2) is 0 Å². The molecule has 0 spiro atoms. The molecule has 0 saturated heterocycles. The summed E-state index contributed by atoms with van der Waals surface area (Å²) in [6.07, 6.45) is -0.664. The molecule has 0 aromatic heterocycles. The van der Waals surface area contributed by atoms with Crippen LogP contribution in [0.25, 0.3) is 0 Å². The van der Waals surface area contributed by atoms with Crippen molar-refractivity contribution < 1.29 is 19.4 Å². The molecule has 1 aromatic rings. The number of carbonyl (C=O) groups excluding carboxylic acids is 2. The summed E-state index contributed by atoms with van der Waals surface area (Å²) in [6, 6.07) is 6.15. The number of nitrogens with one attached hydrogen (secondary N) is 2. The van der Waals surface area contributed by atoms with Crippen molar-refractivity contribution in [3.8, 4) is 11.5 Å². The van der Waals surface area contributed by atoms with Gasteiger partial charge >= 0.3 is 0 Å². The Morgan fingerprint density at radius 1 is 1.14 bits per heavy atom. The average molecular weight is 308 g/mol. The van der Waals surface area contributed by atoms with E-state index < -0.39 is 11.5 Å². The van der Waals surface area contributed by atoms with Crippen LogP contribution < -0.4 is 15.4 Å². The van der Waals surface area contributed by atoms with Gasteiger partial charge in [-0.15, -0.1) is 0 Å². The Morgan fingerprint density at radius 3 is 2.23 bits per heavy atom. The van der Waals surface area contributed by atoms with Crippen LogP contribution in [0, 0.1) is 5.41 Å². The third-order valence-corrected chi connectivity index (χ3v) is 2.91. The Hall–Kier alpha value is -2.24. The minimum absolute atomic E-state index is 0.0601. The SMILES string of the molecule is CC(Oc1ccc(O)cc1)C(=O)NCCNC(=O)C(C)(C)C. The van der Waals surface area contributed by atoms with Crippen LogP contribution in [0.2, 0.25) is 0 Å². The summed E-state index contributed by atoms with van der Waals surface area (Å²) in [6.45, 7) is 7.82. The third kappa shape index (κ3) is 6.03. The summed E-state index contributed by atoms with van der Waals surface area (Å²) in [4.78, 5) is 23.5. The zero-order valence-electron chi connectivity index (χ0n) is 13.5. The number of rotatable bonds is 6. The van der Waals surface area contributed by atoms with Gasteiger partial charge in [0.1, 0.15) is 11.5 Å². The second kappa shape index (κ2) is 7.68. The van der Waals surface area contributed by atoms with Crippen LogP contribution in [0.15, 0.2) is 24.3 Å². The normalized spacial score (nSPS) is 12.4. The second-order valence-corrected chi connectivity index (χ2v) is 6.05. The lowest BCUT2D eigenvalue weighted by molar-refractivity contribution is -0.129. The molecule has 0 aliphatic heterocycles. The highest BCUT2D eigenvalue weighted by Crippen LogP contribution is 2.17. The van der Waals surface area contributed by atoms with Crippen LogP contribution in [0.5, 0.6) is 11.5 Å². The Balaban J connectivity index is 2.30. The molecule has 1 rings (SSSR count). The molecule has 3 N–H and O–H groups in total. The van der Waals surface area contributed by atoms with E-state index in [0.29, 0.717) is 18.8 Å². The van der Waals surface area contributed by atoms with Gasteiger partial charge < -0.3 is 20.5 Å². The minimum atomic E-state index is -0.664. The highest BCUT2D eigenvalue weighted by molar-refractivity contribution is 5.82. The van der Waals surface area contributed by atoms with E-state index in [0.717, 1.165) is 0 Å². The fourth-order valence-corrected chi connectivity index (χ4v) is 1.55. The number of benzene rings is 1. The zero-order valence-corrected chi connectivity index (χ0v) is 13.5. The molecule has 0 saturated carbocycles. The van der Waals surface area contributed by atoms with Crippen molar-refractivity contribution in [1.29, 1.82) is 0 Å². The monoisotopic (exact) mass is 308 g/mol. The molecule has 0 aliphatic carbocycles. The van der Waals surface area contributed by atoms with Crippen molar-refractivity contribution in [1.82, 2.24) is 10.6 Å². The van der Waals surface area contributed by atoms with E-state index in [-0.39, 0.29) is 17.6 Å². The molecule has 0 heterocycles. The van der Waals surface area contributed by atoms with Crippen LogP contribution in [-0.2, 0) is 9.59 Å². The van der Waals surface area contributed by atoms with Gasteiger partial charge in [-0.05, 0) is 31.2 Å². The van der Waals surface area contributed by atoms with Crippen LogP contribution in [0.1, 0.15) is 27.7 Å². The lowest BCUT2D eigenvalue weighted by atomic mass is 9.96. The highest BCUT2D eigenvalue weighted by atomic mass is 16.5. The Bertz CT molecular complexity index is 506. The molecule has 122 valence electrons. The first-order valence-corrected chi connectivity index (χ1v) is 7.22. The Kier molecular flexibility index (Phi) is 6.22. The van der Waals surface area contributed by atoms with Gasteiger partial charge in [0.25, 0.3) is 5.91 Å². The number of ether oxygens (including phenoxy) is 1. The molecular formula is C16H24N2O4. The van der Waals surface area contributed by atoms with Crippen molar-refractivity contribution in [3.63, 3.8) is 0 Å². The van der Waals surface area contributed by atoms with Gasteiger partial charge in [0.05, 0.1) is 0 Å². The third-order valence-electron chi connectivity index (χ3n) is 2.91. The quantitative estimate of drug-likeness (QED) is 0.694. The summed E-state index contributed by atoms with van der Waals surface area (Å²) >= 11 is 0. The van der Waals surface area contributed by atoms with Crippen LogP contribution >= 0.6 is 0 Å². The molecule has 6 nitrogen and oxygen atoms in total. The molecule has 0 fully saturated rings. The molecular weight excluding hydrogens is 284 g/mol. The molecule has 1 atom stereocenters. The first-order valence-electron chi connectivity index (χ1n) is 7.22. The first-order chi connectivity index (χ1) is 10.2. The Labute approximate surface area is 130 Å². The molecule has 1 unspecified atom stereocenters. The van der Waals surface area contributed by atoms with E-state index >= 15 is 0 Å². The van der Waals surface area contributed by atoms with Crippen molar-refractivity contribution in [2.24, 2.45) is 5.41 Å². The highest BCUT2D eigenvalue weighted by Gasteiger charge is 2.20. The summed E-state index contributed by atoms with van der Waals surface area (Å²) in [5, 5.41) is 14.6. The van der Waals surface area contributed by atoms with Gasteiger partial charge in [-0.3, -0.25) is 9.59 Å². The van der Waals surface area contributed by atoms with Crippen molar-refractivity contribution in [3.05, 3.63) is 24.3 Å². The molecule has 1 aromatic carbocycles. The van der Waals surface area contributed by atoms with Gasteiger partial charge in [-0.2, -0.15) is 0 Å². The number of phenolic OH excluding ortho intramolecular Hbond substituents is 1. The lowest BCUT2D eigenvalue weighted by Crippen LogP contribution is -2.42. The van der Waals surface area contributed by atoms with E-state index in [1.807, 2.05) is 20.8 Å². The summed E-state index contributed by atoms with van der Waals surface area (Å²) in [5.41, 5.74) is -0.445. The molecule has 0 bridgehead atoms. The zero-order chi connectivity index (χ0) is 16.8. The fraction of sp³-hybridized carbons (Fsp3) is 0.500. The van der Waals surface area contributed by atoms with Crippen molar-refractivity contribution in [2.45, 2.75) is 33.8 Å². The number of hydrogen-bond donors (Lipinski definition) is 3. The van der Waals surface area contributed by atoms with E-state index in [1.54, 1.807) is 19.1 Å². The molecule has 0 aliphatic rings. The largest absolute Gasteiger partial charge is 0.508 e. The van der Waals surface area contributed by atoms with E-state index in [4.69, 9.17) is 4.74 Å². The predicted molar refractivity (Wildman–Crippen MR) is 83.7 cm³/mol.